The van der Waals surface area contributed by atoms with Gasteiger partial charge in [-0.05, 0) is 5.75 Å². The minimum absolute atomic E-state index is 0. The zero-order valence-electron chi connectivity index (χ0n) is 13.5. The Kier molecular flexibility index (Phi) is 69.7. The average Bonchev–Trinajstić information content (AvgIpc) is 2.43. The molecule has 0 saturated carbocycles. The van der Waals surface area contributed by atoms with E-state index in [2.05, 4.69) is 18.7 Å². The minimum Gasteiger partial charge on any atom is -0.677 e. The van der Waals surface area contributed by atoms with Crippen LogP contribution in [0.2, 0.25) is 0 Å². The smallest absolute Gasteiger partial charge is 0.677 e. The van der Waals surface area contributed by atoms with E-state index in [1.807, 2.05) is 13.8 Å². The second-order valence-corrected chi connectivity index (χ2v) is 6.50. The van der Waals surface area contributed by atoms with Gasteiger partial charge in [-0.1, -0.05) is 35.4 Å². The second-order valence-electron chi connectivity index (χ2n) is 3.06. The Morgan fingerprint density at radius 1 is 1.09 bits per heavy atom. The number of nitrogens with zero attached hydrogens (tertiary/aromatic N) is 1. The van der Waals surface area contributed by atoms with Gasteiger partial charge >= 0.3 is 16.5 Å². The van der Waals surface area contributed by atoms with Crippen LogP contribution in [0.4, 0.5) is 0 Å². The summed E-state index contributed by atoms with van der Waals surface area (Å²) >= 11 is 0. The Labute approximate surface area is 182 Å². The molecule has 0 aromatic rings. The van der Waals surface area contributed by atoms with Crippen LogP contribution in [0.15, 0.2) is 0 Å². The van der Waals surface area contributed by atoms with E-state index in [-0.39, 0.29) is 58.2 Å². The number of nitrogens with one attached hydrogen (secondary N) is 1. The monoisotopic (exact) mass is 486 g/mol. The van der Waals surface area contributed by atoms with E-state index in [1.54, 1.807) is 21.6 Å². The van der Waals surface area contributed by atoms with Crippen LogP contribution < -0.4 is 0 Å². The largest absolute Gasteiger partial charge is 2.00 e. The Hall–Kier alpha value is 2.10. The van der Waals surface area contributed by atoms with Crippen LogP contribution in [0, 0.1) is 20.4 Å². The second kappa shape index (κ2) is 43.5. The van der Waals surface area contributed by atoms with Gasteiger partial charge < -0.3 is 33.5 Å². The molecule has 0 amide bonds. The molecule has 0 aliphatic rings. The molecule has 1 radical (unpaired) electrons. The summed E-state index contributed by atoms with van der Waals surface area (Å²) in [6, 6.07) is 0. The van der Waals surface area contributed by atoms with Crippen molar-refractivity contribution in [3.8, 4) is 0 Å². The molecule has 0 aliphatic heterocycles. The Bertz CT molecular complexity index is 194. The first-order chi connectivity index (χ1) is 9.74. The average molecular weight is 487 g/mol. The normalized spacial score (nSPS) is 8.55. The third-order valence-corrected chi connectivity index (χ3v) is 3.98. The predicted octanol–water partition coefficient (Wildman–Crippen LogP) is 5.34. The molecule has 0 heterocycles. The zero-order chi connectivity index (χ0) is 15.9. The number of rotatable bonds is 10. The topological polar surface area (TPSA) is 46.6 Å². The Morgan fingerprint density at radius 2 is 1.55 bits per heavy atom. The summed E-state index contributed by atoms with van der Waals surface area (Å²) < 4.78 is 10.2. The zero-order valence-corrected chi connectivity index (χ0v) is 20.0. The standard InChI is InChI=1S/C7H14N2O2PS2.2C3H7.Ni.Y/c1-9-3-4-10-12-11-5-7-14-13-6-2-8;2*1-3-2;;/h8,12H,2-7H2;2*1,3H2,2H3;;/q3*-1;+2;. The maximum Gasteiger partial charge on any atom is 2.00 e. The van der Waals surface area contributed by atoms with Crippen LogP contribution in [-0.2, 0) is 58.2 Å². The molecule has 1 atom stereocenters. The van der Waals surface area contributed by atoms with Crippen molar-refractivity contribution < 1.29 is 58.2 Å². The first-order valence-corrected chi connectivity index (χ1v) is 9.84. The summed E-state index contributed by atoms with van der Waals surface area (Å²) in [5.74, 6) is 1.79. The van der Waals surface area contributed by atoms with E-state index in [9.17, 15) is 0 Å². The molecule has 0 bridgehead atoms. The summed E-state index contributed by atoms with van der Waals surface area (Å²) in [6.07, 6.45) is 2.00. The van der Waals surface area contributed by atoms with Crippen molar-refractivity contribution in [1.82, 2.24) is 0 Å². The molecule has 0 saturated heterocycles. The van der Waals surface area contributed by atoms with Crippen LogP contribution in [-0.4, -0.2) is 37.8 Å². The molecular formula is C13H28N2NiO2PS2Y-. The molecule has 1 unspecified atom stereocenters. The molecule has 4 nitrogen and oxygen atoms in total. The van der Waals surface area contributed by atoms with Gasteiger partial charge in [-0.15, -0.1) is 6.54 Å². The third kappa shape index (κ3) is 57.3. The summed E-state index contributed by atoms with van der Waals surface area (Å²) in [5, 5.41) is 0. The van der Waals surface area contributed by atoms with Crippen molar-refractivity contribution in [3.63, 3.8) is 0 Å². The summed E-state index contributed by atoms with van der Waals surface area (Å²) in [4.78, 5) is 3.15. The van der Waals surface area contributed by atoms with Crippen molar-refractivity contribution in [2.24, 2.45) is 0 Å². The van der Waals surface area contributed by atoms with Gasteiger partial charge in [0.25, 0.3) is 0 Å². The molecule has 9 heteroatoms. The van der Waals surface area contributed by atoms with Gasteiger partial charge in [0.1, 0.15) is 6.61 Å². The molecule has 0 aliphatic carbocycles. The van der Waals surface area contributed by atoms with Crippen LogP contribution in [0.25, 0.3) is 10.6 Å². The van der Waals surface area contributed by atoms with Gasteiger partial charge in [0.05, 0.1) is 6.61 Å². The molecule has 0 spiro atoms. The van der Waals surface area contributed by atoms with Crippen molar-refractivity contribution in [2.45, 2.75) is 26.7 Å². The fourth-order valence-electron chi connectivity index (χ4n) is 0.451. The maximum absolute atomic E-state index is 6.91. The van der Waals surface area contributed by atoms with Crippen LogP contribution in [0.5, 0.6) is 0 Å². The summed E-state index contributed by atoms with van der Waals surface area (Å²) in [5.41, 5.74) is 6.91. The number of hydrogen-bond donors (Lipinski definition) is 0. The third-order valence-electron chi connectivity index (χ3n) is 0.960. The van der Waals surface area contributed by atoms with Gasteiger partial charge in [-0.3, -0.25) is 0 Å². The molecule has 0 fully saturated rings. The maximum atomic E-state index is 6.91. The van der Waals surface area contributed by atoms with Crippen LogP contribution in [0.3, 0.4) is 0 Å². The van der Waals surface area contributed by atoms with E-state index in [0.717, 1.165) is 24.3 Å². The van der Waals surface area contributed by atoms with E-state index in [0.29, 0.717) is 26.3 Å². The molecule has 133 valence electrons. The molecule has 0 aromatic heterocycles. The molecule has 22 heavy (non-hydrogen) atoms. The van der Waals surface area contributed by atoms with Crippen molar-refractivity contribution in [3.05, 3.63) is 31.0 Å². The fraction of sp³-hybridized carbons (Fsp3) is 0.769. The van der Waals surface area contributed by atoms with E-state index in [4.69, 9.17) is 21.4 Å². The van der Waals surface area contributed by atoms with Gasteiger partial charge in [0.15, 0.2) is 9.03 Å². The summed E-state index contributed by atoms with van der Waals surface area (Å²) in [7, 11) is 3.47. The van der Waals surface area contributed by atoms with Crippen molar-refractivity contribution in [2.75, 3.05) is 37.8 Å². The molecule has 1 N–H and O–H groups in total. The molecular weight excluding hydrogens is 459 g/mol. The van der Waals surface area contributed by atoms with Crippen LogP contribution >= 0.6 is 30.6 Å². The predicted molar refractivity (Wildman–Crippen MR) is 97.1 cm³/mol. The fourth-order valence-corrected chi connectivity index (χ4v) is 2.67. The van der Waals surface area contributed by atoms with Gasteiger partial charge in [-0.25, -0.2) is 6.57 Å². The molecule has 0 rings (SSSR count). The molecule has 0 aromatic carbocycles. The van der Waals surface area contributed by atoms with Crippen molar-refractivity contribution >= 4 is 30.6 Å². The minimum atomic E-state index is 0. The van der Waals surface area contributed by atoms with Crippen molar-refractivity contribution in [1.29, 1.82) is 0 Å². The number of hydrogen-bond acceptors (Lipinski definition) is 4. The summed E-state index contributed by atoms with van der Waals surface area (Å²) in [6.45, 7) is 19.5. The quantitative estimate of drug-likeness (QED) is 0.137. The Balaban J connectivity index is -0.000000104. The van der Waals surface area contributed by atoms with E-state index < -0.39 is 0 Å². The van der Waals surface area contributed by atoms with Gasteiger partial charge in [0.2, 0.25) is 6.54 Å². The van der Waals surface area contributed by atoms with E-state index in [1.165, 1.54) is 0 Å². The SMILES string of the molecule is [C-]#[N+]CCOPOCCSSCC[NH-].[CH2-]CC.[CH2-]CC.[Ni+2].[Y]. The first-order valence-electron chi connectivity index (χ1n) is 6.54. The van der Waals surface area contributed by atoms with Gasteiger partial charge in [0, 0.05) is 38.5 Å². The first kappa shape index (κ1) is 35.2. The van der Waals surface area contributed by atoms with Gasteiger partial charge in [-0.2, -0.15) is 12.8 Å². The Morgan fingerprint density at radius 3 is 2.00 bits per heavy atom. The van der Waals surface area contributed by atoms with E-state index >= 15 is 0 Å². The van der Waals surface area contributed by atoms with Crippen LogP contribution in [0.1, 0.15) is 26.7 Å².